The van der Waals surface area contributed by atoms with Crippen molar-refractivity contribution in [2.75, 3.05) is 13.2 Å². The van der Waals surface area contributed by atoms with Crippen molar-refractivity contribution in [1.82, 2.24) is 24.3 Å². The van der Waals surface area contributed by atoms with E-state index in [1.54, 1.807) is 6.20 Å². The van der Waals surface area contributed by atoms with Gasteiger partial charge in [0.2, 0.25) is 0 Å². The molecule has 0 saturated carbocycles. The highest BCUT2D eigenvalue weighted by Crippen LogP contribution is 2.32. The average molecular weight is 431 g/mol. The van der Waals surface area contributed by atoms with E-state index in [4.69, 9.17) is 14.6 Å². The Kier molecular flexibility index (Phi) is 7.04. The van der Waals surface area contributed by atoms with Gasteiger partial charge in [0.1, 0.15) is 5.82 Å². The lowest BCUT2D eigenvalue weighted by Crippen LogP contribution is -2.20. The number of carbonyl (C=O) groups is 1. The fourth-order valence-electron chi connectivity index (χ4n) is 4.11. The Labute approximate surface area is 186 Å². The first kappa shape index (κ1) is 21.5. The Bertz CT molecular complexity index is 1110. The molecule has 8 heteroatoms. The van der Waals surface area contributed by atoms with E-state index in [1.165, 1.54) is 11.1 Å². The molecule has 32 heavy (non-hydrogen) atoms. The summed E-state index contributed by atoms with van der Waals surface area (Å²) in [4.78, 5) is 17.2. The maximum absolute atomic E-state index is 8.36. The van der Waals surface area contributed by atoms with E-state index in [1.807, 2.05) is 35.5 Å². The van der Waals surface area contributed by atoms with Crippen molar-refractivity contribution in [2.45, 2.75) is 19.0 Å². The smallest absolute Gasteiger partial charge is 0.290 e. The van der Waals surface area contributed by atoms with Crippen LogP contribution in [0.15, 0.2) is 79.6 Å². The molecular weight excluding hydrogens is 406 g/mol. The van der Waals surface area contributed by atoms with Crippen LogP contribution in [0.2, 0.25) is 0 Å². The number of hydrogen-bond acceptors (Lipinski definition) is 5. The first-order valence-corrected chi connectivity index (χ1v) is 10.4. The van der Waals surface area contributed by atoms with E-state index in [-0.39, 0.29) is 12.5 Å². The van der Waals surface area contributed by atoms with Crippen molar-refractivity contribution in [3.05, 3.63) is 90.8 Å². The van der Waals surface area contributed by atoms with E-state index in [0.29, 0.717) is 12.5 Å². The van der Waals surface area contributed by atoms with Crippen LogP contribution in [0.4, 0.5) is 0 Å². The first-order chi connectivity index (χ1) is 15.8. The van der Waals surface area contributed by atoms with Crippen LogP contribution < -0.4 is 0 Å². The Hall–Kier alpha value is -3.78. The van der Waals surface area contributed by atoms with Gasteiger partial charge in [-0.1, -0.05) is 18.2 Å². The SMILES string of the molecule is O=CO.c1cc(Cn2cccn2)cc(-c2nccn2[C@@H]2COC[C@H]2Cc2ccncc2)c1. The molecule has 1 aliphatic heterocycles. The van der Waals surface area contributed by atoms with Crippen molar-refractivity contribution in [3.8, 4) is 11.4 Å². The lowest BCUT2D eigenvalue weighted by Gasteiger charge is -2.21. The summed E-state index contributed by atoms with van der Waals surface area (Å²) < 4.78 is 10.1. The predicted octanol–water partition coefficient (Wildman–Crippen LogP) is 3.32. The summed E-state index contributed by atoms with van der Waals surface area (Å²) in [7, 11) is 0. The Balaban J connectivity index is 0.000000775. The summed E-state index contributed by atoms with van der Waals surface area (Å²) in [6.07, 6.45) is 12.4. The number of hydrogen-bond donors (Lipinski definition) is 1. The van der Waals surface area contributed by atoms with Gasteiger partial charge in [0.25, 0.3) is 6.47 Å². The fraction of sp³-hybridized carbons (Fsp3) is 0.250. The van der Waals surface area contributed by atoms with E-state index in [2.05, 4.69) is 62.2 Å². The zero-order valence-electron chi connectivity index (χ0n) is 17.6. The third-order valence-electron chi connectivity index (χ3n) is 5.53. The van der Waals surface area contributed by atoms with Crippen LogP contribution in [0.25, 0.3) is 11.4 Å². The number of imidazole rings is 1. The summed E-state index contributed by atoms with van der Waals surface area (Å²) in [6, 6.07) is 14.9. The van der Waals surface area contributed by atoms with Gasteiger partial charge < -0.3 is 14.4 Å². The van der Waals surface area contributed by atoms with Crippen molar-refractivity contribution < 1.29 is 14.6 Å². The van der Waals surface area contributed by atoms with Gasteiger partial charge in [0, 0.05) is 48.7 Å². The van der Waals surface area contributed by atoms with Gasteiger partial charge in [0.05, 0.1) is 25.8 Å². The highest BCUT2D eigenvalue weighted by atomic mass is 16.5. The second-order valence-electron chi connectivity index (χ2n) is 7.59. The Morgan fingerprint density at radius 2 is 1.88 bits per heavy atom. The molecule has 1 aliphatic rings. The first-order valence-electron chi connectivity index (χ1n) is 10.4. The number of carboxylic acid groups (broad SMARTS) is 1. The maximum atomic E-state index is 8.36. The monoisotopic (exact) mass is 431 g/mol. The standard InChI is InChI=1S/C23H23N5O.CH2O2/c1-3-19(15-27-11-2-7-26-27)14-20(4-1)23-25-10-12-28(23)22-17-29-16-21(22)13-18-5-8-24-9-6-18;2-1-3/h1-12,14,21-22H,13,15-17H2;1H,(H,2,3)/t21-,22-;/m1./s1. The number of rotatable bonds is 6. The summed E-state index contributed by atoms with van der Waals surface area (Å²) in [5, 5.41) is 11.2. The second-order valence-corrected chi connectivity index (χ2v) is 7.59. The van der Waals surface area contributed by atoms with Crippen molar-refractivity contribution in [3.63, 3.8) is 0 Å². The highest BCUT2D eigenvalue weighted by Gasteiger charge is 2.31. The summed E-state index contributed by atoms with van der Waals surface area (Å²) in [5.41, 5.74) is 3.62. The molecule has 8 nitrogen and oxygen atoms in total. The zero-order valence-corrected chi connectivity index (χ0v) is 17.6. The minimum absolute atomic E-state index is 0.250. The van der Waals surface area contributed by atoms with Crippen LogP contribution in [0, 0.1) is 5.92 Å². The molecule has 0 unspecified atom stereocenters. The summed E-state index contributed by atoms with van der Waals surface area (Å²) >= 11 is 0. The van der Waals surface area contributed by atoms with Crippen LogP contribution in [-0.4, -0.2) is 49.1 Å². The van der Waals surface area contributed by atoms with Gasteiger partial charge >= 0.3 is 0 Å². The fourth-order valence-corrected chi connectivity index (χ4v) is 4.11. The third kappa shape index (κ3) is 5.09. The zero-order chi connectivity index (χ0) is 22.2. The van der Waals surface area contributed by atoms with Crippen molar-refractivity contribution in [1.29, 1.82) is 0 Å². The molecule has 1 saturated heterocycles. The molecule has 4 aromatic rings. The average Bonchev–Trinajstić information content (AvgIpc) is 3.57. The molecule has 1 N–H and O–H groups in total. The van der Waals surface area contributed by atoms with E-state index in [0.717, 1.165) is 31.0 Å². The van der Waals surface area contributed by atoms with E-state index < -0.39 is 0 Å². The normalized spacial score (nSPS) is 17.5. The molecule has 2 atom stereocenters. The molecule has 164 valence electrons. The van der Waals surface area contributed by atoms with Gasteiger partial charge in [-0.05, 0) is 41.8 Å². The Morgan fingerprint density at radius 3 is 2.66 bits per heavy atom. The van der Waals surface area contributed by atoms with E-state index in [9.17, 15) is 0 Å². The molecule has 3 aromatic heterocycles. The molecule has 1 aromatic carbocycles. The molecular formula is C24H25N5O3. The topological polar surface area (TPSA) is 95.1 Å². The molecule has 0 amide bonds. The lowest BCUT2D eigenvalue weighted by molar-refractivity contribution is -0.122. The van der Waals surface area contributed by atoms with Crippen LogP contribution in [-0.2, 0) is 22.5 Å². The summed E-state index contributed by atoms with van der Waals surface area (Å²) in [6.45, 7) is 1.98. The molecule has 4 heterocycles. The molecule has 1 fully saturated rings. The van der Waals surface area contributed by atoms with Crippen LogP contribution in [0.5, 0.6) is 0 Å². The third-order valence-corrected chi connectivity index (χ3v) is 5.53. The number of nitrogens with zero attached hydrogens (tertiary/aromatic N) is 5. The van der Waals surface area contributed by atoms with Crippen molar-refractivity contribution >= 4 is 6.47 Å². The largest absolute Gasteiger partial charge is 0.483 e. The van der Waals surface area contributed by atoms with Crippen molar-refractivity contribution in [2.24, 2.45) is 5.92 Å². The molecule has 0 spiro atoms. The predicted molar refractivity (Wildman–Crippen MR) is 119 cm³/mol. The molecule has 0 aliphatic carbocycles. The highest BCUT2D eigenvalue weighted by molar-refractivity contribution is 5.57. The molecule has 0 radical (unpaired) electrons. The second kappa shape index (κ2) is 10.5. The minimum Gasteiger partial charge on any atom is -0.483 e. The lowest BCUT2D eigenvalue weighted by atomic mass is 9.95. The number of pyridine rings is 1. The van der Waals surface area contributed by atoms with Crippen LogP contribution in [0.1, 0.15) is 17.2 Å². The van der Waals surface area contributed by atoms with Crippen LogP contribution >= 0.6 is 0 Å². The Morgan fingerprint density at radius 1 is 1.03 bits per heavy atom. The van der Waals surface area contributed by atoms with Gasteiger partial charge in [-0.2, -0.15) is 5.10 Å². The number of aromatic nitrogens is 5. The molecule has 5 rings (SSSR count). The number of benzene rings is 1. The van der Waals surface area contributed by atoms with Gasteiger partial charge in [-0.3, -0.25) is 14.5 Å². The van der Waals surface area contributed by atoms with Crippen LogP contribution in [0.3, 0.4) is 0 Å². The van der Waals surface area contributed by atoms with E-state index >= 15 is 0 Å². The van der Waals surface area contributed by atoms with Gasteiger partial charge in [-0.25, -0.2) is 4.98 Å². The number of ether oxygens (including phenoxy) is 1. The summed E-state index contributed by atoms with van der Waals surface area (Å²) in [5.74, 6) is 1.40. The maximum Gasteiger partial charge on any atom is 0.290 e. The minimum atomic E-state index is -0.250. The van der Waals surface area contributed by atoms with Gasteiger partial charge in [-0.15, -0.1) is 0 Å². The molecule has 0 bridgehead atoms. The van der Waals surface area contributed by atoms with Gasteiger partial charge in [0.15, 0.2) is 0 Å². The quantitative estimate of drug-likeness (QED) is 0.471.